The first-order chi connectivity index (χ1) is 7.40. The molecule has 4 heteroatoms. The molecule has 0 atom stereocenters. The molecule has 0 heterocycles. The molecule has 0 radical (unpaired) electrons. The molecule has 0 aliphatic heterocycles. The van der Waals surface area contributed by atoms with E-state index in [4.69, 9.17) is 5.73 Å². The van der Waals surface area contributed by atoms with Crippen LogP contribution >= 0.6 is 15.9 Å². The molecule has 0 spiro atoms. The van der Waals surface area contributed by atoms with E-state index < -0.39 is 5.41 Å². The predicted octanol–water partition coefficient (Wildman–Crippen LogP) is 2.40. The Labute approximate surface area is 105 Å². The third-order valence-corrected chi connectivity index (χ3v) is 3.28. The lowest BCUT2D eigenvalue weighted by Gasteiger charge is -2.28. The fourth-order valence-electron chi connectivity index (χ4n) is 1.37. The van der Waals surface area contributed by atoms with Crippen molar-refractivity contribution in [1.29, 1.82) is 0 Å². The van der Waals surface area contributed by atoms with Crippen LogP contribution in [0.15, 0.2) is 28.7 Å². The minimum Gasteiger partial charge on any atom is -0.329 e. The number of para-hydroxylation sites is 1. The molecule has 1 aromatic carbocycles. The molecule has 0 saturated heterocycles. The van der Waals surface area contributed by atoms with Crippen molar-refractivity contribution in [3.05, 3.63) is 28.7 Å². The highest BCUT2D eigenvalue weighted by molar-refractivity contribution is 9.10. The van der Waals surface area contributed by atoms with E-state index >= 15 is 0 Å². The Balaban J connectivity index is 3.00. The fraction of sp³-hybridized carbons (Fsp3) is 0.417. The molecule has 3 nitrogen and oxygen atoms in total. The average molecular weight is 285 g/mol. The first-order valence-corrected chi connectivity index (χ1v) is 5.92. The zero-order valence-corrected chi connectivity index (χ0v) is 11.4. The number of nitrogens with zero attached hydrogens (tertiary/aromatic N) is 1. The van der Waals surface area contributed by atoms with Gasteiger partial charge in [0, 0.05) is 18.1 Å². The lowest BCUT2D eigenvalue weighted by molar-refractivity contribution is -0.125. The smallest absolute Gasteiger partial charge is 0.233 e. The van der Waals surface area contributed by atoms with Gasteiger partial charge in [0.1, 0.15) is 0 Å². The zero-order chi connectivity index (χ0) is 12.3. The summed E-state index contributed by atoms with van der Waals surface area (Å²) in [5.74, 6) is 0.0156. The maximum absolute atomic E-state index is 12.2. The maximum atomic E-state index is 12.2. The average Bonchev–Trinajstić information content (AvgIpc) is 2.27. The van der Waals surface area contributed by atoms with Gasteiger partial charge in [0.15, 0.2) is 0 Å². The Hall–Kier alpha value is -0.870. The van der Waals surface area contributed by atoms with Crippen LogP contribution in [0.2, 0.25) is 0 Å². The molecule has 0 fully saturated rings. The Morgan fingerprint density at radius 2 is 2.00 bits per heavy atom. The van der Waals surface area contributed by atoms with Gasteiger partial charge >= 0.3 is 0 Å². The summed E-state index contributed by atoms with van der Waals surface area (Å²) in [6, 6.07) is 7.63. The van der Waals surface area contributed by atoms with Crippen LogP contribution in [0.5, 0.6) is 0 Å². The number of rotatable bonds is 3. The molecular formula is C12H17BrN2O. The first-order valence-electron chi connectivity index (χ1n) is 5.13. The van der Waals surface area contributed by atoms with E-state index in [1.165, 1.54) is 0 Å². The summed E-state index contributed by atoms with van der Waals surface area (Å²) in [5, 5.41) is 0. The third-order valence-electron chi connectivity index (χ3n) is 2.61. The molecule has 1 aromatic rings. The highest BCUT2D eigenvalue weighted by Crippen LogP contribution is 2.28. The molecule has 88 valence electrons. The molecular weight excluding hydrogens is 268 g/mol. The number of hydrogen-bond acceptors (Lipinski definition) is 2. The molecule has 0 aliphatic rings. The van der Waals surface area contributed by atoms with Gasteiger partial charge in [-0.25, -0.2) is 0 Å². The summed E-state index contributed by atoms with van der Waals surface area (Å²) in [6.45, 7) is 4.03. The highest BCUT2D eigenvalue weighted by atomic mass is 79.9. The molecule has 0 bridgehead atoms. The second-order valence-corrected chi connectivity index (χ2v) is 5.26. The van der Waals surface area contributed by atoms with Crippen LogP contribution in [-0.4, -0.2) is 19.5 Å². The number of benzene rings is 1. The van der Waals surface area contributed by atoms with Crippen LogP contribution in [0.25, 0.3) is 0 Å². The third kappa shape index (κ3) is 2.62. The van der Waals surface area contributed by atoms with Crippen LogP contribution in [0, 0.1) is 5.41 Å². The first kappa shape index (κ1) is 13.2. The van der Waals surface area contributed by atoms with E-state index in [1.807, 2.05) is 38.1 Å². The van der Waals surface area contributed by atoms with Crippen molar-refractivity contribution in [3.63, 3.8) is 0 Å². The van der Waals surface area contributed by atoms with E-state index in [9.17, 15) is 4.79 Å². The van der Waals surface area contributed by atoms with Crippen LogP contribution in [0.4, 0.5) is 5.69 Å². The van der Waals surface area contributed by atoms with Crippen molar-refractivity contribution in [3.8, 4) is 0 Å². The van der Waals surface area contributed by atoms with Crippen molar-refractivity contribution >= 4 is 27.5 Å². The van der Waals surface area contributed by atoms with Gasteiger partial charge in [-0.2, -0.15) is 0 Å². The number of carbonyl (C=O) groups is 1. The van der Waals surface area contributed by atoms with Crippen molar-refractivity contribution in [2.45, 2.75) is 13.8 Å². The lowest BCUT2D eigenvalue weighted by atomic mass is 9.92. The Morgan fingerprint density at radius 1 is 1.44 bits per heavy atom. The van der Waals surface area contributed by atoms with Gasteiger partial charge in [0.25, 0.3) is 0 Å². The normalized spacial score (nSPS) is 11.3. The van der Waals surface area contributed by atoms with E-state index in [2.05, 4.69) is 15.9 Å². The van der Waals surface area contributed by atoms with Crippen molar-refractivity contribution in [2.24, 2.45) is 11.1 Å². The summed E-state index contributed by atoms with van der Waals surface area (Å²) in [6.07, 6.45) is 0. The minimum atomic E-state index is -0.538. The topological polar surface area (TPSA) is 46.3 Å². The van der Waals surface area contributed by atoms with Crippen molar-refractivity contribution in [1.82, 2.24) is 0 Å². The molecule has 0 aromatic heterocycles. The summed E-state index contributed by atoms with van der Waals surface area (Å²) >= 11 is 3.43. The number of anilines is 1. The standard InChI is InChI=1S/C12H17BrN2O/c1-12(2,8-14)11(16)15(3)10-7-5-4-6-9(10)13/h4-7H,8,14H2,1-3H3. The second kappa shape index (κ2) is 4.97. The molecule has 0 aliphatic carbocycles. The Kier molecular flexibility index (Phi) is 4.10. The van der Waals surface area contributed by atoms with E-state index in [0.29, 0.717) is 6.54 Å². The summed E-state index contributed by atoms with van der Waals surface area (Å²) in [7, 11) is 1.76. The Bertz CT molecular complexity index is 390. The van der Waals surface area contributed by atoms with E-state index in [1.54, 1.807) is 11.9 Å². The lowest BCUT2D eigenvalue weighted by Crippen LogP contribution is -2.43. The molecule has 1 rings (SSSR count). The van der Waals surface area contributed by atoms with E-state index in [0.717, 1.165) is 10.2 Å². The maximum Gasteiger partial charge on any atom is 0.233 e. The largest absolute Gasteiger partial charge is 0.329 e. The number of nitrogens with two attached hydrogens (primary N) is 1. The van der Waals surface area contributed by atoms with Gasteiger partial charge in [0.2, 0.25) is 5.91 Å². The zero-order valence-electron chi connectivity index (χ0n) is 9.83. The van der Waals surface area contributed by atoms with Crippen LogP contribution in [0.3, 0.4) is 0 Å². The Morgan fingerprint density at radius 3 is 2.50 bits per heavy atom. The second-order valence-electron chi connectivity index (χ2n) is 4.40. The van der Waals surface area contributed by atoms with Gasteiger partial charge in [-0.1, -0.05) is 12.1 Å². The summed E-state index contributed by atoms with van der Waals surface area (Å²) in [5.41, 5.74) is 5.92. The molecule has 2 N–H and O–H groups in total. The van der Waals surface area contributed by atoms with E-state index in [-0.39, 0.29) is 5.91 Å². The van der Waals surface area contributed by atoms with Gasteiger partial charge in [0.05, 0.1) is 11.1 Å². The molecule has 1 amide bonds. The minimum absolute atomic E-state index is 0.0156. The molecule has 0 saturated carbocycles. The number of hydrogen-bond donors (Lipinski definition) is 1. The van der Waals surface area contributed by atoms with Gasteiger partial charge in [-0.3, -0.25) is 4.79 Å². The quantitative estimate of drug-likeness (QED) is 0.927. The van der Waals surface area contributed by atoms with Crippen molar-refractivity contribution < 1.29 is 4.79 Å². The van der Waals surface area contributed by atoms with Crippen LogP contribution in [0.1, 0.15) is 13.8 Å². The summed E-state index contributed by atoms with van der Waals surface area (Å²) < 4.78 is 0.902. The fourth-order valence-corrected chi connectivity index (χ4v) is 1.93. The number of carbonyl (C=O) groups excluding carboxylic acids is 1. The molecule has 16 heavy (non-hydrogen) atoms. The highest BCUT2D eigenvalue weighted by Gasteiger charge is 2.30. The monoisotopic (exact) mass is 284 g/mol. The van der Waals surface area contributed by atoms with Crippen LogP contribution in [-0.2, 0) is 4.79 Å². The number of halogens is 1. The van der Waals surface area contributed by atoms with Crippen LogP contribution < -0.4 is 10.6 Å². The van der Waals surface area contributed by atoms with Gasteiger partial charge < -0.3 is 10.6 Å². The predicted molar refractivity (Wildman–Crippen MR) is 70.4 cm³/mol. The molecule has 0 unspecified atom stereocenters. The number of amides is 1. The van der Waals surface area contributed by atoms with Gasteiger partial charge in [-0.05, 0) is 41.9 Å². The van der Waals surface area contributed by atoms with Gasteiger partial charge in [-0.15, -0.1) is 0 Å². The SMILES string of the molecule is CN(C(=O)C(C)(C)CN)c1ccccc1Br. The van der Waals surface area contributed by atoms with Crippen molar-refractivity contribution in [2.75, 3.05) is 18.5 Å². The summed E-state index contributed by atoms with van der Waals surface area (Å²) in [4.78, 5) is 13.8.